The number of benzene rings is 1. The molecule has 1 fully saturated rings. The summed E-state index contributed by atoms with van der Waals surface area (Å²) in [4.78, 5) is 13.3. The van der Waals surface area contributed by atoms with Crippen molar-refractivity contribution in [2.45, 2.75) is 31.1 Å². The Kier molecular flexibility index (Phi) is 4.53. The maximum atomic E-state index is 12.2. The van der Waals surface area contributed by atoms with Crippen LogP contribution >= 0.6 is 11.8 Å². The third-order valence-corrected chi connectivity index (χ3v) is 4.64. The van der Waals surface area contributed by atoms with Crippen molar-refractivity contribution in [2.24, 2.45) is 5.41 Å². The first-order chi connectivity index (χ1) is 9.10. The largest absolute Gasteiger partial charge is 0.396 e. The molecule has 2 N–H and O–H groups in total. The van der Waals surface area contributed by atoms with Gasteiger partial charge in [-0.15, -0.1) is 11.8 Å². The summed E-state index contributed by atoms with van der Waals surface area (Å²) in [5, 5.41) is 12.0. The third-order valence-electron chi connectivity index (χ3n) is 3.91. The van der Waals surface area contributed by atoms with Crippen LogP contribution in [0.3, 0.4) is 0 Å². The van der Waals surface area contributed by atoms with Crippen LogP contribution in [0.1, 0.15) is 35.2 Å². The molecule has 3 nitrogen and oxygen atoms in total. The lowest BCUT2D eigenvalue weighted by Crippen LogP contribution is -2.31. The van der Waals surface area contributed by atoms with Gasteiger partial charge in [-0.25, -0.2) is 0 Å². The van der Waals surface area contributed by atoms with Crippen molar-refractivity contribution in [3.8, 4) is 0 Å². The molecule has 19 heavy (non-hydrogen) atoms. The first kappa shape index (κ1) is 14.4. The van der Waals surface area contributed by atoms with E-state index in [1.165, 1.54) is 0 Å². The SMILES string of the molecule is CSc1ccc(C)c(C(=O)NCC2(CCO)CC2)c1. The zero-order valence-electron chi connectivity index (χ0n) is 11.5. The molecule has 1 aromatic carbocycles. The van der Waals surface area contributed by atoms with Gasteiger partial charge in [-0.2, -0.15) is 0 Å². The van der Waals surface area contributed by atoms with E-state index < -0.39 is 0 Å². The Hall–Kier alpha value is -1.00. The number of rotatable bonds is 6. The van der Waals surface area contributed by atoms with E-state index in [1.807, 2.05) is 31.4 Å². The molecule has 1 amide bonds. The van der Waals surface area contributed by atoms with Gasteiger partial charge in [0.1, 0.15) is 0 Å². The summed E-state index contributed by atoms with van der Waals surface area (Å²) in [5.74, 6) is -0.00221. The number of nitrogens with one attached hydrogen (secondary N) is 1. The van der Waals surface area contributed by atoms with Crippen molar-refractivity contribution < 1.29 is 9.90 Å². The Labute approximate surface area is 118 Å². The van der Waals surface area contributed by atoms with Crippen LogP contribution in [0.5, 0.6) is 0 Å². The van der Waals surface area contributed by atoms with E-state index in [0.29, 0.717) is 6.54 Å². The van der Waals surface area contributed by atoms with Gasteiger partial charge >= 0.3 is 0 Å². The zero-order valence-corrected chi connectivity index (χ0v) is 12.3. The van der Waals surface area contributed by atoms with Gasteiger partial charge in [0, 0.05) is 23.6 Å². The van der Waals surface area contributed by atoms with E-state index in [4.69, 9.17) is 5.11 Å². The highest BCUT2D eigenvalue weighted by atomic mass is 32.2. The highest BCUT2D eigenvalue weighted by Gasteiger charge is 2.41. The van der Waals surface area contributed by atoms with E-state index in [0.717, 1.165) is 35.3 Å². The molecule has 1 saturated carbocycles. The van der Waals surface area contributed by atoms with Gasteiger partial charge in [0.25, 0.3) is 5.91 Å². The molecule has 104 valence electrons. The highest BCUT2D eigenvalue weighted by Crippen LogP contribution is 2.47. The van der Waals surface area contributed by atoms with Gasteiger partial charge in [-0.1, -0.05) is 6.07 Å². The molecule has 0 aliphatic heterocycles. The van der Waals surface area contributed by atoms with E-state index >= 15 is 0 Å². The Bertz CT molecular complexity index is 469. The van der Waals surface area contributed by atoms with Crippen molar-refractivity contribution in [1.29, 1.82) is 0 Å². The van der Waals surface area contributed by atoms with E-state index in [9.17, 15) is 4.79 Å². The molecule has 0 atom stereocenters. The fraction of sp³-hybridized carbons (Fsp3) is 0.533. The number of hydrogen-bond acceptors (Lipinski definition) is 3. The van der Waals surface area contributed by atoms with E-state index in [-0.39, 0.29) is 17.9 Å². The van der Waals surface area contributed by atoms with Gasteiger partial charge in [0.05, 0.1) is 0 Å². The number of amides is 1. The molecule has 0 heterocycles. The fourth-order valence-electron chi connectivity index (χ4n) is 2.26. The van der Waals surface area contributed by atoms with Crippen molar-refractivity contribution >= 4 is 17.7 Å². The predicted octanol–water partition coefficient (Wildman–Crippen LogP) is 2.61. The highest BCUT2D eigenvalue weighted by molar-refractivity contribution is 7.98. The summed E-state index contributed by atoms with van der Waals surface area (Å²) in [6, 6.07) is 5.97. The molecule has 0 radical (unpaired) electrons. The fourth-order valence-corrected chi connectivity index (χ4v) is 2.70. The minimum Gasteiger partial charge on any atom is -0.396 e. The summed E-state index contributed by atoms with van der Waals surface area (Å²) in [7, 11) is 0. The lowest BCUT2D eigenvalue weighted by atomic mass is 10.0. The lowest BCUT2D eigenvalue weighted by molar-refractivity contribution is 0.0940. The molecule has 0 aromatic heterocycles. The minimum atomic E-state index is -0.00221. The maximum Gasteiger partial charge on any atom is 0.251 e. The number of carbonyl (C=O) groups is 1. The van der Waals surface area contributed by atoms with Gasteiger partial charge in [-0.05, 0) is 55.6 Å². The Morgan fingerprint density at radius 3 is 2.79 bits per heavy atom. The third kappa shape index (κ3) is 3.51. The second kappa shape index (κ2) is 5.97. The van der Waals surface area contributed by atoms with Crippen LogP contribution < -0.4 is 5.32 Å². The summed E-state index contributed by atoms with van der Waals surface area (Å²) >= 11 is 1.64. The first-order valence-electron chi connectivity index (χ1n) is 6.64. The normalized spacial score (nSPS) is 16.2. The van der Waals surface area contributed by atoms with Crippen LogP contribution in [-0.4, -0.2) is 30.4 Å². The molecule has 1 aliphatic carbocycles. The lowest BCUT2D eigenvalue weighted by Gasteiger charge is -2.15. The summed E-state index contributed by atoms with van der Waals surface area (Å²) in [6.45, 7) is 2.84. The monoisotopic (exact) mass is 279 g/mol. The van der Waals surface area contributed by atoms with Gasteiger partial charge < -0.3 is 10.4 Å². The molecule has 2 rings (SSSR count). The number of aryl methyl sites for hydroxylation is 1. The number of carbonyl (C=O) groups excluding carboxylic acids is 1. The Morgan fingerprint density at radius 2 is 2.21 bits per heavy atom. The van der Waals surface area contributed by atoms with Gasteiger partial charge in [0.15, 0.2) is 0 Å². The van der Waals surface area contributed by atoms with Crippen molar-refractivity contribution in [1.82, 2.24) is 5.32 Å². The van der Waals surface area contributed by atoms with Gasteiger partial charge in [0.2, 0.25) is 0 Å². The quantitative estimate of drug-likeness (QED) is 0.787. The molecule has 1 aromatic rings. The second-order valence-corrected chi connectivity index (χ2v) is 6.22. The maximum absolute atomic E-state index is 12.2. The molecule has 0 saturated heterocycles. The summed E-state index contributed by atoms with van der Waals surface area (Å²) in [6.07, 6.45) is 5.01. The Balaban J connectivity index is 2.00. The molecule has 0 spiro atoms. The molecular formula is C15H21NO2S. The Morgan fingerprint density at radius 1 is 1.47 bits per heavy atom. The minimum absolute atomic E-state index is 0.00221. The first-order valence-corrected chi connectivity index (χ1v) is 7.86. The van der Waals surface area contributed by atoms with Crippen LogP contribution in [0.25, 0.3) is 0 Å². The molecule has 0 bridgehead atoms. The van der Waals surface area contributed by atoms with Crippen molar-refractivity contribution in [2.75, 3.05) is 19.4 Å². The molecule has 4 heteroatoms. The average Bonchev–Trinajstić information content (AvgIpc) is 3.17. The summed E-state index contributed by atoms with van der Waals surface area (Å²) < 4.78 is 0. The number of thioether (sulfide) groups is 1. The van der Waals surface area contributed by atoms with Crippen molar-refractivity contribution in [3.63, 3.8) is 0 Å². The number of hydrogen-bond donors (Lipinski definition) is 2. The van der Waals surface area contributed by atoms with Gasteiger partial charge in [-0.3, -0.25) is 4.79 Å². The molecule has 0 unspecified atom stereocenters. The molecule has 1 aliphatic rings. The molecular weight excluding hydrogens is 258 g/mol. The predicted molar refractivity (Wildman–Crippen MR) is 78.7 cm³/mol. The van der Waals surface area contributed by atoms with E-state index in [2.05, 4.69) is 5.32 Å². The van der Waals surface area contributed by atoms with E-state index in [1.54, 1.807) is 11.8 Å². The van der Waals surface area contributed by atoms with Crippen LogP contribution in [-0.2, 0) is 0 Å². The van der Waals surface area contributed by atoms with Crippen LogP contribution in [0, 0.1) is 12.3 Å². The van der Waals surface area contributed by atoms with Crippen LogP contribution in [0.15, 0.2) is 23.1 Å². The second-order valence-electron chi connectivity index (χ2n) is 5.34. The average molecular weight is 279 g/mol. The van der Waals surface area contributed by atoms with Crippen LogP contribution in [0.4, 0.5) is 0 Å². The smallest absolute Gasteiger partial charge is 0.251 e. The number of aliphatic hydroxyl groups is 1. The van der Waals surface area contributed by atoms with Crippen molar-refractivity contribution in [3.05, 3.63) is 29.3 Å². The topological polar surface area (TPSA) is 49.3 Å². The van der Waals surface area contributed by atoms with Crippen LogP contribution in [0.2, 0.25) is 0 Å². The number of aliphatic hydroxyl groups excluding tert-OH is 1. The zero-order chi connectivity index (χ0) is 13.9. The summed E-state index contributed by atoms with van der Waals surface area (Å²) in [5.41, 5.74) is 1.92. The standard InChI is InChI=1S/C15H21NO2S/c1-11-3-4-12(19-2)9-13(11)14(18)16-10-15(5-6-15)7-8-17/h3-4,9,17H,5-8,10H2,1-2H3,(H,16,18).